The van der Waals surface area contributed by atoms with Crippen molar-refractivity contribution in [3.8, 4) is 5.69 Å². The normalized spacial score (nSPS) is 11.7. The molecule has 0 N–H and O–H groups in total. The van der Waals surface area contributed by atoms with Crippen molar-refractivity contribution >= 4 is 16.7 Å². The molecule has 4 nitrogen and oxygen atoms in total. The molecule has 0 saturated heterocycles. The summed E-state index contributed by atoms with van der Waals surface area (Å²) in [4.78, 5) is 29.6. The van der Waals surface area contributed by atoms with Crippen molar-refractivity contribution in [3.63, 3.8) is 0 Å². The fourth-order valence-corrected chi connectivity index (χ4v) is 2.82. The summed E-state index contributed by atoms with van der Waals surface area (Å²) >= 11 is 0. The van der Waals surface area contributed by atoms with Gasteiger partial charge in [0.1, 0.15) is 0 Å². The molecule has 0 amide bonds. The molecule has 0 radical (unpaired) electrons. The van der Waals surface area contributed by atoms with Crippen molar-refractivity contribution in [1.82, 2.24) is 9.55 Å². The van der Waals surface area contributed by atoms with E-state index in [-0.39, 0.29) is 17.2 Å². The van der Waals surface area contributed by atoms with Gasteiger partial charge in [-0.2, -0.15) is 0 Å². The number of fused-ring (bicyclic) bond motifs is 4. The fraction of sp³-hybridized carbons (Fsp3) is 0.211. The number of rotatable bonds is 0. The summed E-state index contributed by atoms with van der Waals surface area (Å²) in [5.41, 5.74) is 3.54. The van der Waals surface area contributed by atoms with Gasteiger partial charge in [-0.1, -0.05) is 37.1 Å². The van der Waals surface area contributed by atoms with Crippen LogP contribution in [0, 0.1) is 13.8 Å². The van der Waals surface area contributed by atoms with Crippen LogP contribution in [0.15, 0.2) is 41.2 Å². The number of carbonyl (C=O) groups is 1. The number of hydrogen-bond donors (Lipinski definition) is 0. The standard InChI is InChI=1S/C17H12N2O2.C2H6/c1-9-3-5-13-11(7-9)17(21)19-14-6-4-10(2)8-12(14)15(20)16(19)18-13;1-2/h3-8H,1-2H3;1-2H3. The zero-order chi connectivity index (χ0) is 16.7. The number of hydrogen-bond acceptors (Lipinski definition) is 3. The number of ketones is 1. The predicted octanol–water partition coefficient (Wildman–Crippen LogP) is 3.57. The summed E-state index contributed by atoms with van der Waals surface area (Å²) < 4.78 is 1.43. The third-order valence-electron chi connectivity index (χ3n) is 3.86. The van der Waals surface area contributed by atoms with Crippen LogP contribution in [0.25, 0.3) is 16.6 Å². The Bertz CT molecular complexity index is 1000. The minimum Gasteiger partial charge on any atom is -0.285 e. The summed E-state index contributed by atoms with van der Waals surface area (Å²) in [6, 6.07) is 11.0. The lowest BCUT2D eigenvalue weighted by Gasteiger charge is -2.06. The highest BCUT2D eigenvalue weighted by Crippen LogP contribution is 2.27. The van der Waals surface area contributed by atoms with Crippen LogP contribution in [0.2, 0.25) is 0 Å². The topological polar surface area (TPSA) is 52.0 Å². The Kier molecular flexibility index (Phi) is 3.60. The molecule has 4 rings (SSSR count). The zero-order valence-corrected chi connectivity index (χ0v) is 13.7. The second-order valence-corrected chi connectivity index (χ2v) is 5.45. The zero-order valence-electron chi connectivity index (χ0n) is 13.7. The first-order valence-corrected chi connectivity index (χ1v) is 7.75. The Morgan fingerprint density at radius 2 is 1.57 bits per heavy atom. The van der Waals surface area contributed by atoms with E-state index in [2.05, 4.69) is 4.98 Å². The average Bonchev–Trinajstić information content (AvgIpc) is 2.83. The van der Waals surface area contributed by atoms with Gasteiger partial charge in [0.15, 0.2) is 5.82 Å². The lowest BCUT2D eigenvalue weighted by Crippen LogP contribution is -2.21. The molecule has 2 aromatic carbocycles. The molecule has 0 aliphatic carbocycles. The summed E-state index contributed by atoms with van der Waals surface area (Å²) in [5, 5.41) is 0.542. The molecule has 0 unspecified atom stereocenters. The molecule has 2 heterocycles. The van der Waals surface area contributed by atoms with E-state index in [4.69, 9.17) is 0 Å². The average molecular weight is 306 g/mol. The van der Waals surface area contributed by atoms with Crippen LogP contribution in [-0.2, 0) is 0 Å². The molecule has 0 bridgehead atoms. The van der Waals surface area contributed by atoms with Gasteiger partial charge in [-0.25, -0.2) is 4.98 Å². The second kappa shape index (κ2) is 5.47. The van der Waals surface area contributed by atoms with Crippen LogP contribution in [-0.4, -0.2) is 15.3 Å². The minimum atomic E-state index is -0.187. The number of benzene rings is 2. The lowest BCUT2D eigenvalue weighted by molar-refractivity contribution is 0.103. The highest BCUT2D eigenvalue weighted by Gasteiger charge is 2.30. The van der Waals surface area contributed by atoms with Gasteiger partial charge in [-0.15, -0.1) is 0 Å². The third-order valence-corrected chi connectivity index (χ3v) is 3.86. The van der Waals surface area contributed by atoms with E-state index in [9.17, 15) is 9.59 Å². The van der Waals surface area contributed by atoms with Crippen molar-refractivity contribution in [2.24, 2.45) is 0 Å². The van der Waals surface area contributed by atoms with Gasteiger partial charge < -0.3 is 0 Å². The number of carbonyl (C=O) groups excluding carboxylic acids is 1. The monoisotopic (exact) mass is 306 g/mol. The molecule has 1 aliphatic rings. The molecule has 0 atom stereocenters. The van der Waals surface area contributed by atoms with Gasteiger partial charge in [0, 0.05) is 0 Å². The van der Waals surface area contributed by atoms with Crippen LogP contribution in [0.4, 0.5) is 0 Å². The third kappa shape index (κ3) is 2.18. The molecule has 0 saturated carbocycles. The van der Waals surface area contributed by atoms with E-state index >= 15 is 0 Å². The summed E-state index contributed by atoms with van der Waals surface area (Å²) in [6.07, 6.45) is 0. The molecule has 3 aromatic rings. The highest BCUT2D eigenvalue weighted by atomic mass is 16.1. The Morgan fingerprint density at radius 3 is 2.30 bits per heavy atom. The number of aromatic nitrogens is 2. The Morgan fingerprint density at radius 1 is 0.913 bits per heavy atom. The SMILES string of the molecule is CC.Cc1ccc2c(c1)C(=O)c1nc3ccc(C)cc3c(=O)n1-2. The van der Waals surface area contributed by atoms with Crippen molar-refractivity contribution < 1.29 is 4.79 Å². The predicted molar refractivity (Wildman–Crippen MR) is 91.6 cm³/mol. The largest absolute Gasteiger partial charge is 0.285 e. The molecular weight excluding hydrogens is 288 g/mol. The molecule has 0 spiro atoms. The maximum Gasteiger partial charge on any atom is 0.266 e. The first-order chi connectivity index (χ1) is 11.1. The minimum absolute atomic E-state index is 0.186. The van der Waals surface area contributed by atoms with Gasteiger partial charge in [-0.05, 0) is 38.1 Å². The summed E-state index contributed by atoms with van der Waals surface area (Å²) in [6.45, 7) is 7.85. The first-order valence-electron chi connectivity index (χ1n) is 7.75. The van der Waals surface area contributed by atoms with Gasteiger partial charge in [0.2, 0.25) is 5.78 Å². The van der Waals surface area contributed by atoms with E-state index in [1.807, 2.05) is 58.0 Å². The van der Waals surface area contributed by atoms with E-state index in [1.54, 1.807) is 6.07 Å². The Hall–Kier alpha value is -2.75. The molecule has 0 fully saturated rings. The highest BCUT2D eigenvalue weighted by molar-refractivity contribution is 6.13. The van der Waals surface area contributed by atoms with E-state index in [0.717, 1.165) is 11.1 Å². The van der Waals surface area contributed by atoms with Crippen molar-refractivity contribution in [3.05, 3.63) is 69.3 Å². The molecule has 116 valence electrons. The molecular formula is C19H18N2O2. The van der Waals surface area contributed by atoms with Gasteiger partial charge in [-0.3, -0.25) is 14.2 Å². The van der Waals surface area contributed by atoms with Crippen molar-refractivity contribution in [1.29, 1.82) is 0 Å². The molecule has 23 heavy (non-hydrogen) atoms. The van der Waals surface area contributed by atoms with Crippen molar-refractivity contribution in [2.45, 2.75) is 27.7 Å². The van der Waals surface area contributed by atoms with Gasteiger partial charge in [0.25, 0.3) is 5.56 Å². The lowest BCUT2D eigenvalue weighted by atomic mass is 10.1. The molecule has 4 heteroatoms. The quantitative estimate of drug-likeness (QED) is 0.499. The van der Waals surface area contributed by atoms with E-state index < -0.39 is 0 Å². The van der Waals surface area contributed by atoms with Crippen LogP contribution in [0.3, 0.4) is 0 Å². The smallest absolute Gasteiger partial charge is 0.266 e. The number of nitrogens with zero attached hydrogens (tertiary/aromatic N) is 2. The molecule has 1 aromatic heterocycles. The second-order valence-electron chi connectivity index (χ2n) is 5.45. The van der Waals surface area contributed by atoms with Crippen LogP contribution >= 0.6 is 0 Å². The number of aryl methyl sites for hydroxylation is 2. The van der Waals surface area contributed by atoms with Crippen molar-refractivity contribution in [2.75, 3.05) is 0 Å². The van der Waals surface area contributed by atoms with Crippen LogP contribution in [0.1, 0.15) is 41.2 Å². The summed E-state index contributed by atoms with van der Waals surface area (Å²) in [7, 11) is 0. The molecule has 1 aliphatic heterocycles. The van der Waals surface area contributed by atoms with Gasteiger partial charge >= 0.3 is 0 Å². The maximum atomic E-state index is 12.7. The first kappa shape index (κ1) is 15.2. The van der Waals surface area contributed by atoms with Gasteiger partial charge in [0.05, 0.1) is 22.2 Å². The van der Waals surface area contributed by atoms with E-state index in [0.29, 0.717) is 22.2 Å². The van der Waals surface area contributed by atoms with Crippen LogP contribution in [0.5, 0.6) is 0 Å². The van der Waals surface area contributed by atoms with Crippen LogP contribution < -0.4 is 5.56 Å². The summed E-state index contributed by atoms with van der Waals surface area (Å²) in [5.74, 6) is 0.0187. The maximum absolute atomic E-state index is 12.7. The Balaban J connectivity index is 0.000000753. The fourth-order valence-electron chi connectivity index (χ4n) is 2.82. The Labute approximate surface area is 134 Å². The van der Waals surface area contributed by atoms with E-state index in [1.165, 1.54) is 4.57 Å².